The molecule has 0 saturated carbocycles. The molecule has 2 bridgehead atoms. The van der Waals surface area contributed by atoms with Crippen LogP contribution in [0.1, 0.15) is 12.8 Å². The van der Waals surface area contributed by atoms with Crippen molar-refractivity contribution in [2.45, 2.75) is 18.2 Å². The van der Waals surface area contributed by atoms with E-state index in [0.29, 0.717) is 11.7 Å². The number of piperidine rings is 3. The number of Topliss-reactive ketones (excluding diaryl/α,β-unsaturated/α-hetero) is 1. The first-order valence-electron chi connectivity index (χ1n) is 4.13. The van der Waals surface area contributed by atoms with Crippen molar-refractivity contribution < 1.29 is 4.79 Å². The summed E-state index contributed by atoms with van der Waals surface area (Å²) in [7, 11) is 0. The van der Waals surface area contributed by atoms with Crippen molar-refractivity contribution in [3.8, 4) is 0 Å². The molecule has 0 amide bonds. The van der Waals surface area contributed by atoms with Gasteiger partial charge in [-0.3, -0.25) is 9.69 Å². The maximum atomic E-state index is 11.6. The number of hydrogen-bond donors (Lipinski definition) is 0. The number of carbonyl (C=O) groups excluding carboxylic acids is 1. The highest BCUT2D eigenvalue weighted by Crippen LogP contribution is 2.32. The molecular formula is C8H13NOS. The van der Waals surface area contributed by atoms with Gasteiger partial charge in [0.1, 0.15) is 5.37 Å². The van der Waals surface area contributed by atoms with E-state index >= 15 is 0 Å². The van der Waals surface area contributed by atoms with Gasteiger partial charge in [-0.25, -0.2) is 0 Å². The summed E-state index contributed by atoms with van der Waals surface area (Å²) in [5, 5.41) is 0.197. The van der Waals surface area contributed by atoms with Crippen molar-refractivity contribution >= 4 is 17.5 Å². The third-order valence-corrected chi connectivity index (χ3v) is 3.71. The van der Waals surface area contributed by atoms with E-state index in [-0.39, 0.29) is 5.37 Å². The van der Waals surface area contributed by atoms with Crippen molar-refractivity contribution in [3.05, 3.63) is 0 Å². The second-order valence-electron chi connectivity index (χ2n) is 3.30. The van der Waals surface area contributed by atoms with Crippen LogP contribution in [0.3, 0.4) is 0 Å². The zero-order valence-corrected chi connectivity index (χ0v) is 7.56. The van der Waals surface area contributed by atoms with Crippen LogP contribution in [0, 0.1) is 5.92 Å². The van der Waals surface area contributed by atoms with Gasteiger partial charge in [-0.15, -0.1) is 11.8 Å². The predicted octanol–water partition coefficient (Wildman–Crippen LogP) is 0.970. The predicted molar refractivity (Wildman–Crippen MR) is 46.6 cm³/mol. The summed E-state index contributed by atoms with van der Waals surface area (Å²) >= 11 is 1.69. The molecule has 0 aliphatic carbocycles. The van der Waals surface area contributed by atoms with E-state index in [0.717, 1.165) is 25.9 Å². The van der Waals surface area contributed by atoms with Crippen molar-refractivity contribution in [3.63, 3.8) is 0 Å². The highest BCUT2D eigenvalue weighted by Gasteiger charge is 2.40. The van der Waals surface area contributed by atoms with Crippen LogP contribution in [0.5, 0.6) is 0 Å². The zero-order valence-electron chi connectivity index (χ0n) is 6.75. The van der Waals surface area contributed by atoms with Crippen LogP contribution < -0.4 is 0 Å². The van der Waals surface area contributed by atoms with Crippen molar-refractivity contribution in [2.24, 2.45) is 5.92 Å². The number of hydrogen-bond acceptors (Lipinski definition) is 3. The Bertz CT molecular complexity index is 175. The van der Waals surface area contributed by atoms with Crippen molar-refractivity contribution in [1.29, 1.82) is 0 Å². The molecule has 3 aliphatic heterocycles. The Morgan fingerprint density at radius 1 is 1.45 bits per heavy atom. The molecule has 1 atom stereocenters. The van der Waals surface area contributed by atoms with E-state index in [2.05, 4.69) is 4.90 Å². The van der Waals surface area contributed by atoms with E-state index in [9.17, 15) is 4.79 Å². The second-order valence-corrected chi connectivity index (χ2v) is 4.22. The molecule has 11 heavy (non-hydrogen) atoms. The van der Waals surface area contributed by atoms with E-state index in [1.807, 2.05) is 6.26 Å². The van der Waals surface area contributed by atoms with Crippen LogP contribution in [0.15, 0.2) is 0 Å². The molecule has 2 nitrogen and oxygen atoms in total. The Balaban J connectivity index is 2.16. The summed E-state index contributed by atoms with van der Waals surface area (Å²) in [5.74, 6) is 0.882. The third-order valence-electron chi connectivity index (χ3n) is 2.73. The molecule has 0 radical (unpaired) electrons. The highest BCUT2D eigenvalue weighted by atomic mass is 32.2. The Morgan fingerprint density at radius 2 is 2.09 bits per heavy atom. The summed E-state index contributed by atoms with van der Waals surface area (Å²) in [6, 6.07) is 0. The Morgan fingerprint density at radius 3 is 2.45 bits per heavy atom. The molecule has 3 rings (SSSR count). The molecule has 62 valence electrons. The third kappa shape index (κ3) is 1.11. The fourth-order valence-electron chi connectivity index (χ4n) is 2.07. The van der Waals surface area contributed by atoms with Gasteiger partial charge in [0.2, 0.25) is 0 Å². The lowest BCUT2D eigenvalue weighted by Crippen LogP contribution is -2.53. The van der Waals surface area contributed by atoms with Gasteiger partial charge in [-0.2, -0.15) is 0 Å². The number of nitrogens with zero attached hydrogens (tertiary/aromatic N) is 1. The first kappa shape index (κ1) is 7.62. The summed E-state index contributed by atoms with van der Waals surface area (Å²) in [6.07, 6.45) is 4.25. The number of fused-ring (bicyclic) bond motifs is 3. The molecule has 1 unspecified atom stereocenters. The van der Waals surface area contributed by atoms with Gasteiger partial charge < -0.3 is 0 Å². The number of ketones is 1. The molecular weight excluding hydrogens is 158 g/mol. The monoisotopic (exact) mass is 171 g/mol. The van der Waals surface area contributed by atoms with Gasteiger partial charge in [-0.1, -0.05) is 0 Å². The van der Waals surface area contributed by atoms with Gasteiger partial charge in [0.15, 0.2) is 5.78 Å². The summed E-state index contributed by atoms with van der Waals surface area (Å²) in [6.45, 7) is 2.28. The molecule has 3 fully saturated rings. The van der Waals surface area contributed by atoms with Crippen LogP contribution in [0.25, 0.3) is 0 Å². The maximum Gasteiger partial charge on any atom is 0.163 e. The lowest BCUT2D eigenvalue weighted by molar-refractivity contribution is -0.132. The summed E-state index contributed by atoms with van der Waals surface area (Å²) in [4.78, 5) is 13.9. The van der Waals surface area contributed by atoms with Gasteiger partial charge in [-0.05, 0) is 19.1 Å². The van der Waals surface area contributed by atoms with Crippen LogP contribution in [0.2, 0.25) is 0 Å². The van der Waals surface area contributed by atoms with Crippen LogP contribution in [0.4, 0.5) is 0 Å². The molecule has 0 N–H and O–H groups in total. The molecule has 0 aromatic carbocycles. The molecule has 0 spiro atoms. The lowest BCUT2D eigenvalue weighted by atomic mass is 9.87. The topological polar surface area (TPSA) is 20.3 Å². The summed E-state index contributed by atoms with van der Waals surface area (Å²) in [5.41, 5.74) is 0. The number of carbonyl (C=O) groups is 1. The minimum absolute atomic E-state index is 0.197. The zero-order chi connectivity index (χ0) is 7.84. The normalized spacial score (nSPS) is 43.0. The largest absolute Gasteiger partial charge is 0.297 e. The van der Waals surface area contributed by atoms with E-state index in [1.54, 1.807) is 11.8 Å². The maximum absolute atomic E-state index is 11.6. The smallest absolute Gasteiger partial charge is 0.163 e. The first-order chi connectivity index (χ1) is 5.33. The van der Waals surface area contributed by atoms with Gasteiger partial charge in [0, 0.05) is 19.0 Å². The fourth-order valence-corrected chi connectivity index (χ4v) is 3.00. The average molecular weight is 171 g/mol. The fraction of sp³-hybridized carbons (Fsp3) is 0.875. The van der Waals surface area contributed by atoms with E-state index in [1.165, 1.54) is 0 Å². The van der Waals surface area contributed by atoms with E-state index < -0.39 is 0 Å². The minimum atomic E-state index is 0.197. The second kappa shape index (κ2) is 2.79. The van der Waals surface area contributed by atoms with Crippen molar-refractivity contribution in [2.75, 3.05) is 19.3 Å². The van der Waals surface area contributed by atoms with E-state index in [4.69, 9.17) is 0 Å². The molecule has 0 aromatic rings. The Labute approximate surface area is 71.3 Å². The molecule has 0 aromatic heterocycles. The minimum Gasteiger partial charge on any atom is -0.297 e. The quantitative estimate of drug-likeness (QED) is 0.586. The van der Waals surface area contributed by atoms with Crippen molar-refractivity contribution in [1.82, 2.24) is 4.90 Å². The molecule has 3 aliphatic rings. The molecule has 3 heterocycles. The first-order valence-corrected chi connectivity index (χ1v) is 5.42. The van der Waals surface area contributed by atoms with Crippen LogP contribution in [-0.4, -0.2) is 35.4 Å². The molecule has 3 saturated heterocycles. The van der Waals surface area contributed by atoms with Crippen LogP contribution in [-0.2, 0) is 4.79 Å². The van der Waals surface area contributed by atoms with Gasteiger partial charge >= 0.3 is 0 Å². The Kier molecular flexibility index (Phi) is 1.93. The van der Waals surface area contributed by atoms with Gasteiger partial charge in [0.25, 0.3) is 0 Å². The standard InChI is InChI=1S/C8H13NOS/c1-11-8-7(10)6-2-4-9(8)5-3-6/h6,8H,2-5H2,1H3. The number of thioether (sulfide) groups is 1. The SMILES string of the molecule is CSC1C(=O)C2CCN1CC2. The average Bonchev–Trinajstić information content (AvgIpc) is 2.06. The summed E-state index contributed by atoms with van der Waals surface area (Å²) < 4.78 is 0. The lowest BCUT2D eigenvalue weighted by Gasteiger charge is -2.43. The highest BCUT2D eigenvalue weighted by molar-refractivity contribution is 7.99. The van der Waals surface area contributed by atoms with Gasteiger partial charge in [0.05, 0.1) is 0 Å². The Hall–Kier alpha value is -0.0200. The van der Waals surface area contributed by atoms with Crippen LogP contribution >= 0.6 is 11.8 Å². The number of rotatable bonds is 1. The molecule has 3 heteroatoms.